The first-order valence-electron chi connectivity index (χ1n) is 6.83. The zero-order valence-electron chi connectivity index (χ0n) is 12.1. The molecule has 0 spiro atoms. The van der Waals surface area contributed by atoms with Crippen LogP contribution in [0.2, 0.25) is 0 Å². The molecule has 21 heavy (non-hydrogen) atoms. The summed E-state index contributed by atoms with van der Waals surface area (Å²) in [5.41, 5.74) is 1.39. The fourth-order valence-electron chi connectivity index (χ4n) is 2.41. The third-order valence-corrected chi connectivity index (χ3v) is 3.52. The second-order valence-electron chi connectivity index (χ2n) is 4.98. The molecule has 2 aromatic heterocycles. The highest BCUT2D eigenvalue weighted by Gasteiger charge is 2.28. The maximum atomic E-state index is 12.5. The Hall–Kier alpha value is -2.28. The van der Waals surface area contributed by atoms with E-state index in [-0.39, 0.29) is 12.0 Å². The highest BCUT2D eigenvalue weighted by molar-refractivity contribution is 5.92. The van der Waals surface area contributed by atoms with Crippen LogP contribution in [0.5, 0.6) is 0 Å². The number of amides is 1. The highest BCUT2D eigenvalue weighted by Crippen LogP contribution is 2.21. The number of rotatable bonds is 2. The van der Waals surface area contributed by atoms with E-state index in [4.69, 9.17) is 4.74 Å². The summed E-state index contributed by atoms with van der Waals surface area (Å²) in [6.07, 6.45) is 3.12. The first-order chi connectivity index (χ1) is 10.1. The molecule has 110 valence electrons. The summed E-state index contributed by atoms with van der Waals surface area (Å²) in [6, 6.07) is 3.55. The summed E-state index contributed by atoms with van der Waals surface area (Å²) in [5.74, 6) is 0.667. The number of aromatic nitrogens is 4. The van der Waals surface area contributed by atoms with Gasteiger partial charge in [0.2, 0.25) is 0 Å². The van der Waals surface area contributed by atoms with E-state index in [0.29, 0.717) is 31.2 Å². The monoisotopic (exact) mass is 287 g/mol. The summed E-state index contributed by atoms with van der Waals surface area (Å²) in [7, 11) is 1.76. The number of nitrogens with zero attached hydrogens (tertiary/aromatic N) is 5. The molecule has 1 aliphatic heterocycles. The van der Waals surface area contributed by atoms with E-state index in [1.807, 2.05) is 13.0 Å². The molecule has 1 amide bonds. The fourth-order valence-corrected chi connectivity index (χ4v) is 2.41. The van der Waals surface area contributed by atoms with Gasteiger partial charge in [0.1, 0.15) is 17.6 Å². The van der Waals surface area contributed by atoms with Crippen LogP contribution in [-0.2, 0) is 11.8 Å². The summed E-state index contributed by atoms with van der Waals surface area (Å²) >= 11 is 0. The topological polar surface area (TPSA) is 73.1 Å². The molecular weight excluding hydrogens is 270 g/mol. The smallest absolute Gasteiger partial charge is 0.272 e. The van der Waals surface area contributed by atoms with Crippen molar-refractivity contribution in [2.75, 3.05) is 19.7 Å². The highest BCUT2D eigenvalue weighted by atomic mass is 16.5. The van der Waals surface area contributed by atoms with Crippen LogP contribution in [-0.4, -0.2) is 50.3 Å². The lowest BCUT2D eigenvalue weighted by Crippen LogP contribution is -2.43. The number of carbonyl (C=O) groups excluding carboxylic acids is 1. The number of aryl methyl sites for hydroxylation is 2. The zero-order valence-corrected chi connectivity index (χ0v) is 12.1. The minimum Gasteiger partial charge on any atom is -0.368 e. The molecule has 0 saturated carbocycles. The molecule has 1 saturated heterocycles. The molecule has 1 fully saturated rings. The van der Waals surface area contributed by atoms with Gasteiger partial charge in [-0.05, 0) is 19.1 Å². The lowest BCUT2D eigenvalue weighted by atomic mass is 10.2. The van der Waals surface area contributed by atoms with Gasteiger partial charge in [-0.15, -0.1) is 0 Å². The van der Waals surface area contributed by atoms with Gasteiger partial charge in [-0.25, -0.2) is 9.97 Å². The Labute approximate surface area is 122 Å². The van der Waals surface area contributed by atoms with Gasteiger partial charge in [0.05, 0.1) is 18.8 Å². The number of hydrogen-bond acceptors (Lipinski definition) is 5. The van der Waals surface area contributed by atoms with E-state index in [0.717, 1.165) is 5.69 Å². The van der Waals surface area contributed by atoms with E-state index in [9.17, 15) is 4.79 Å². The average Bonchev–Trinajstić information content (AvgIpc) is 2.93. The van der Waals surface area contributed by atoms with Gasteiger partial charge in [-0.3, -0.25) is 9.48 Å². The van der Waals surface area contributed by atoms with Crippen molar-refractivity contribution in [2.24, 2.45) is 7.05 Å². The molecule has 1 atom stereocenters. The Morgan fingerprint density at radius 3 is 2.95 bits per heavy atom. The van der Waals surface area contributed by atoms with Gasteiger partial charge >= 0.3 is 0 Å². The summed E-state index contributed by atoms with van der Waals surface area (Å²) in [5, 5.41) is 4.04. The maximum absolute atomic E-state index is 12.5. The lowest BCUT2D eigenvalue weighted by Gasteiger charge is -2.32. The van der Waals surface area contributed by atoms with Crippen molar-refractivity contribution in [2.45, 2.75) is 13.0 Å². The predicted molar refractivity (Wildman–Crippen MR) is 74.6 cm³/mol. The van der Waals surface area contributed by atoms with Gasteiger partial charge < -0.3 is 9.64 Å². The molecule has 1 aliphatic rings. The molecule has 0 radical (unpaired) electrons. The molecule has 2 aromatic rings. The van der Waals surface area contributed by atoms with E-state index in [2.05, 4.69) is 15.1 Å². The summed E-state index contributed by atoms with van der Waals surface area (Å²) in [6.45, 7) is 3.40. The average molecular weight is 287 g/mol. The molecule has 0 aliphatic carbocycles. The van der Waals surface area contributed by atoms with Crippen LogP contribution in [0.3, 0.4) is 0 Å². The number of carbonyl (C=O) groups is 1. The van der Waals surface area contributed by atoms with Crippen molar-refractivity contribution in [1.29, 1.82) is 0 Å². The molecule has 7 heteroatoms. The third-order valence-electron chi connectivity index (χ3n) is 3.52. The normalized spacial score (nSPS) is 18.8. The van der Waals surface area contributed by atoms with Gasteiger partial charge in [-0.2, -0.15) is 5.10 Å². The first kappa shape index (κ1) is 13.7. The maximum Gasteiger partial charge on any atom is 0.272 e. The Morgan fingerprint density at radius 1 is 1.38 bits per heavy atom. The van der Waals surface area contributed by atoms with Crippen LogP contribution >= 0.6 is 0 Å². The van der Waals surface area contributed by atoms with E-state index >= 15 is 0 Å². The Bertz CT molecular complexity index is 654. The molecule has 3 rings (SSSR count). The predicted octanol–water partition coefficient (Wildman–Crippen LogP) is 0.732. The second-order valence-corrected chi connectivity index (χ2v) is 4.98. The molecule has 0 aromatic carbocycles. The minimum absolute atomic E-state index is 0.0333. The van der Waals surface area contributed by atoms with Crippen molar-refractivity contribution >= 4 is 5.91 Å². The standard InChI is InChI=1S/C14H17N5O2/c1-10-15-5-3-11(17-10)13-9-19(7-8-21-13)14(20)12-4-6-16-18(12)2/h3-6,13H,7-9H2,1-2H3/t13-/m0/s1. The van der Waals surface area contributed by atoms with Gasteiger partial charge in [0.15, 0.2) is 0 Å². The zero-order chi connectivity index (χ0) is 14.8. The molecule has 0 bridgehead atoms. The van der Waals surface area contributed by atoms with Gasteiger partial charge in [0.25, 0.3) is 5.91 Å². The van der Waals surface area contributed by atoms with Gasteiger partial charge in [0, 0.05) is 26.0 Å². The molecular formula is C14H17N5O2. The van der Waals surface area contributed by atoms with E-state index in [1.165, 1.54) is 0 Å². The van der Waals surface area contributed by atoms with Crippen LogP contribution in [0.25, 0.3) is 0 Å². The van der Waals surface area contributed by atoms with Gasteiger partial charge in [-0.1, -0.05) is 0 Å². The summed E-state index contributed by atoms with van der Waals surface area (Å²) in [4.78, 5) is 22.7. The van der Waals surface area contributed by atoms with Crippen LogP contribution in [0.15, 0.2) is 24.5 Å². The Kier molecular flexibility index (Phi) is 3.66. The van der Waals surface area contributed by atoms with Crippen molar-refractivity contribution in [1.82, 2.24) is 24.6 Å². The number of morpholine rings is 1. The van der Waals surface area contributed by atoms with Crippen LogP contribution in [0.1, 0.15) is 28.1 Å². The SMILES string of the molecule is Cc1nccc([C@@H]2CN(C(=O)c3ccnn3C)CCO2)n1. The van der Waals surface area contributed by atoms with Crippen LogP contribution < -0.4 is 0 Å². The Balaban J connectivity index is 1.77. The Morgan fingerprint density at radius 2 is 2.24 bits per heavy atom. The van der Waals surface area contributed by atoms with Crippen molar-refractivity contribution < 1.29 is 9.53 Å². The molecule has 7 nitrogen and oxygen atoms in total. The molecule has 0 N–H and O–H groups in total. The quantitative estimate of drug-likeness (QED) is 0.814. The number of ether oxygens (including phenoxy) is 1. The molecule has 3 heterocycles. The first-order valence-corrected chi connectivity index (χ1v) is 6.83. The van der Waals surface area contributed by atoms with Crippen LogP contribution in [0.4, 0.5) is 0 Å². The van der Waals surface area contributed by atoms with Crippen LogP contribution in [0, 0.1) is 6.92 Å². The fraction of sp³-hybridized carbons (Fsp3) is 0.429. The third kappa shape index (κ3) is 2.78. The molecule has 0 unspecified atom stereocenters. The van der Waals surface area contributed by atoms with Crippen molar-refractivity contribution in [3.63, 3.8) is 0 Å². The minimum atomic E-state index is -0.211. The largest absolute Gasteiger partial charge is 0.368 e. The van der Waals surface area contributed by atoms with E-state index in [1.54, 1.807) is 35.1 Å². The summed E-state index contributed by atoms with van der Waals surface area (Å²) < 4.78 is 7.33. The van der Waals surface area contributed by atoms with Crippen molar-refractivity contribution in [3.8, 4) is 0 Å². The second kappa shape index (κ2) is 5.61. The lowest BCUT2D eigenvalue weighted by molar-refractivity contribution is -0.0251. The van der Waals surface area contributed by atoms with Crippen molar-refractivity contribution in [3.05, 3.63) is 41.7 Å². The number of hydrogen-bond donors (Lipinski definition) is 0. The van der Waals surface area contributed by atoms with E-state index < -0.39 is 0 Å².